The number of nitrogens with zero attached hydrogens (tertiary/aromatic N) is 1. The van der Waals surface area contributed by atoms with Gasteiger partial charge in [0.2, 0.25) is 0 Å². The summed E-state index contributed by atoms with van der Waals surface area (Å²) in [5, 5.41) is 0.419. The van der Waals surface area contributed by atoms with Gasteiger partial charge in [0.25, 0.3) is 0 Å². The molecule has 0 saturated carbocycles. The summed E-state index contributed by atoms with van der Waals surface area (Å²) in [5.41, 5.74) is 0.740. The molecule has 0 N–H and O–H groups in total. The predicted molar refractivity (Wildman–Crippen MR) is 74.6 cm³/mol. The van der Waals surface area contributed by atoms with Gasteiger partial charge in [-0.3, -0.25) is 0 Å². The highest BCUT2D eigenvalue weighted by Gasteiger charge is 2.04. The molecule has 0 aliphatic carbocycles. The van der Waals surface area contributed by atoms with Crippen molar-refractivity contribution in [1.82, 2.24) is 4.98 Å². The Labute approximate surface area is 121 Å². The molecule has 2 aromatic rings. The van der Waals surface area contributed by atoms with E-state index in [4.69, 9.17) is 21.1 Å². The second-order valence-corrected chi connectivity index (χ2v) is 4.14. The quantitative estimate of drug-likeness (QED) is 0.642. The van der Waals surface area contributed by atoms with E-state index in [-0.39, 0.29) is 12.4 Å². The van der Waals surface area contributed by atoms with Crippen molar-refractivity contribution in [2.24, 2.45) is 0 Å². The number of aromatic nitrogens is 1. The summed E-state index contributed by atoms with van der Waals surface area (Å²) in [6.45, 7) is 0.157. The molecule has 0 unspecified atom stereocenters. The highest BCUT2D eigenvalue weighted by molar-refractivity contribution is 6.29. The Morgan fingerprint density at radius 1 is 1.25 bits per heavy atom. The van der Waals surface area contributed by atoms with Gasteiger partial charge >= 0.3 is 0 Å². The molecule has 1 aromatic heterocycles. The van der Waals surface area contributed by atoms with E-state index < -0.39 is 0 Å². The van der Waals surface area contributed by atoms with E-state index >= 15 is 0 Å². The summed E-state index contributed by atoms with van der Waals surface area (Å²) in [7, 11) is 1.45. The van der Waals surface area contributed by atoms with Gasteiger partial charge < -0.3 is 9.47 Å². The number of methoxy groups -OCH3 is 1. The summed E-state index contributed by atoms with van der Waals surface area (Å²) in [5.74, 6) is 6.10. The van der Waals surface area contributed by atoms with Crippen LogP contribution >= 0.6 is 11.6 Å². The van der Waals surface area contributed by atoms with E-state index in [0.717, 1.165) is 5.56 Å². The average Bonchev–Trinajstić information content (AvgIpc) is 2.46. The number of hydrogen-bond acceptors (Lipinski definition) is 3. The van der Waals surface area contributed by atoms with Gasteiger partial charge in [0.05, 0.1) is 7.11 Å². The van der Waals surface area contributed by atoms with E-state index in [1.807, 2.05) is 0 Å². The molecule has 20 heavy (non-hydrogen) atoms. The molecule has 2 rings (SSSR count). The number of ether oxygens (including phenoxy) is 2. The zero-order valence-electron chi connectivity index (χ0n) is 10.7. The zero-order chi connectivity index (χ0) is 14.4. The minimum absolute atomic E-state index is 0.157. The second kappa shape index (κ2) is 6.78. The lowest BCUT2D eigenvalue weighted by atomic mass is 10.3. The molecule has 0 atom stereocenters. The predicted octanol–water partition coefficient (Wildman–Crippen LogP) is 3.31. The van der Waals surface area contributed by atoms with Gasteiger partial charge in [-0.2, -0.15) is 0 Å². The van der Waals surface area contributed by atoms with Crippen LogP contribution < -0.4 is 9.47 Å². The number of hydrogen-bond donors (Lipinski definition) is 0. The summed E-state index contributed by atoms with van der Waals surface area (Å²) >= 11 is 5.67. The van der Waals surface area contributed by atoms with Crippen molar-refractivity contribution >= 4 is 11.6 Å². The maximum absolute atomic E-state index is 13.0. The van der Waals surface area contributed by atoms with Crippen molar-refractivity contribution in [3.8, 4) is 23.3 Å². The summed E-state index contributed by atoms with van der Waals surface area (Å²) in [6, 6.07) is 7.48. The van der Waals surface area contributed by atoms with E-state index in [0.29, 0.717) is 16.7 Å². The average molecular weight is 292 g/mol. The minimum Gasteiger partial charge on any atom is -0.493 e. The van der Waals surface area contributed by atoms with Crippen LogP contribution in [0.3, 0.4) is 0 Å². The smallest absolute Gasteiger partial charge is 0.163 e. The minimum atomic E-state index is -0.382. The van der Waals surface area contributed by atoms with Crippen molar-refractivity contribution in [2.45, 2.75) is 0 Å². The maximum atomic E-state index is 13.0. The number of halogens is 2. The van der Waals surface area contributed by atoms with Crippen LogP contribution in [0.4, 0.5) is 4.39 Å². The van der Waals surface area contributed by atoms with E-state index in [1.165, 1.54) is 25.3 Å². The Balaban J connectivity index is 1.98. The van der Waals surface area contributed by atoms with Crippen LogP contribution in [0.15, 0.2) is 36.5 Å². The van der Waals surface area contributed by atoms with Gasteiger partial charge in [-0.15, -0.1) is 0 Å². The summed E-state index contributed by atoms with van der Waals surface area (Å²) in [4.78, 5) is 3.91. The maximum Gasteiger partial charge on any atom is 0.163 e. The molecule has 1 heterocycles. The number of rotatable bonds is 3. The van der Waals surface area contributed by atoms with Gasteiger partial charge in [0.1, 0.15) is 17.6 Å². The van der Waals surface area contributed by atoms with Crippen molar-refractivity contribution < 1.29 is 13.9 Å². The highest BCUT2D eigenvalue weighted by atomic mass is 35.5. The van der Waals surface area contributed by atoms with Crippen molar-refractivity contribution in [3.05, 3.63) is 53.1 Å². The molecule has 0 bridgehead atoms. The van der Waals surface area contributed by atoms with Crippen LogP contribution in [0.1, 0.15) is 5.56 Å². The third-order valence-corrected chi connectivity index (χ3v) is 2.61. The molecule has 0 aliphatic heterocycles. The second-order valence-electron chi connectivity index (χ2n) is 3.76. The SMILES string of the molecule is COc1cc(F)ccc1OCC#Cc1ccc(Cl)nc1. The molecule has 102 valence electrons. The molecule has 0 radical (unpaired) electrons. The molecule has 1 aromatic carbocycles. The molecule has 0 aliphatic rings. The van der Waals surface area contributed by atoms with Crippen LogP contribution in [0.5, 0.6) is 11.5 Å². The molecular weight excluding hydrogens is 281 g/mol. The number of pyridine rings is 1. The van der Waals surface area contributed by atoms with Crippen molar-refractivity contribution in [1.29, 1.82) is 0 Å². The first-order valence-electron chi connectivity index (χ1n) is 5.76. The lowest BCUT2D eigenvalue weighted by Crippen LogP contribution is -1.97. The van der Waals surface area contributed by atoms with Crippen LogP contribution in [-0.2, 0) is 0 Å². The standard InChI is InChI=1S/C15H11ClFNO2/c1-19-14-9-12(17)5-6-13(14)20-8-2-3-11-4-7-15(16)18-10-11/h4-7,9-10H,8H2,1H3. The van der Waals surface area contributed by atoms with Crippen LogP contribution in [0.2, 0.25) is 5.15 Å². The van der Waals surface area contributed by atoms with Gasteiger partial charge in [-0.1, -0.05) is 23.4 Å². The Kier molecular flexibility index (Phi) is 4.80. The first-order chi connectivity index (χ1) is 9.69. The van der Waals surface area contributed by atoms with E-state index in [1.54, 1.807) is 18.3 Å². The Bertz CT molecular complexity index is 647. The first kappa shape index (κ1) is 14.2. The highest BCUT2D eigenvalue weighted by Crippen LogP contribution is 2.27. The molecule has 5 heteroatoms. The van der Waals surface area contributed by atoms with Crippen LogP contribution in [0, 0.1) is 17.7 Å². The fourth-order valence-electron chi connectivity index (χ4n) is 1.46. The van der Waals surface area contributed by atoms with Crippen molar-refractivity contribution in [3.63, 3.8) is 0 Å². The molecule has 0 saturated heterocycles. The summed E-state index contributed by atoms with van der Waals surface area (Å²) in [6.07, 6.45) is 1.58. The fraction of sp³-hybridized carbons (Fsp3) is 0.133. The third kappa shape index (κ3) is 3.87. The van der Waals surface area contributed by atoms with Crippen molar-refractivity contribution in [2.75, 3.05) is 13.7 Å². The van der Waals surface area contributed by atoms with Gasteiger partial charge in [0, 0.05) is 17.8 Å². The van der Waals surface area contributed by atoms with Crippen LogP contribution in [-0.4, -0.2) is 18.7 Å². The van der Waals surface area contributed by atoms with Crippen LogP contribution in [0.25, 0.3) is 0 Å². The Morgan fingerprint density at radius 3 is 2.80 bits per heavy atom. The molecule has 3 nitrogen and oxygen atoms in total. The molecule has 0 amide bonds. The normalized spacial score (nSPS) is 9.55. The Morgan fingerprint density at radius 2 is 2.10 bits per heavy atom. The fourth-order valence-corrected chi connectivity index (χ4v) is 1.57. The zero-order valence-corrected chi connectivity index (χ0v) is 11.4. The Hall–Kier alpha value is -2.25. The summed E-state index contributed by atoms with van der Waals surface area (Å²) < 4.78 is 23.4. The largest absolute Gasteiger partial charge is 0.493 e. The third-order valence-electron chi connectivity index (χ3n) is 2.39. The molecule has 0 fully saturated rings. The lowest BCUT2D eigenvalue weighted by Gasteiger charge is -2.07. The first-order valence-corrected chi connectivity index (χ1v) is 6.13. The topological polar surface area (TPSA) is 31.4 Å². The van der Waals surface area contributed by atoms with Gasteiger partial charge in [0.15, 0.2) is 11.5 Å². The molecular formula is C15H11ClFNO2. The van der Waals surface area contributed by atoms with E-state index in [2.05, 4.69) is 16.8 Å². The van der Waals surface area contributed by atoms with E-state index in [9.17, 15) is 4.39 Å². The van der Waals surface area contributed by atoms with Gasteiger partial charge in [-0.25, -0.2) is 9.37 Å². The number of benzene rings is 1. The molecule has 0 spiro atoms. The lowest BCUT2D eigenvalue weighted by molar-refractivity contribution is 0.329. The van der Waals surface area contributed by atoms with Gasteiger partial charge in [-0.05, 0) is 24.3 Å². The monoisotopic (exact) mass is 291 g/mol.